The van der Waals surface area contributed by atoms with Crippen molar-refractivity contribution in [3.63, 3.8) is 0 Å². The van der Waals surface area contributed by atoms with Gasteiger partial charge < -0.3 is 9.84 Å². The molecule has 2 rings (SSSR count). The highest BCUT2D eigenvalue weighted by atomic mass is 16.5. The Bertz CT molecular complexity index is 642. The Morgan fingerprint density at radius 2 is 2.00 bits per heavy atom. The van der Waals surface area contributed by atoms with Gasteiger partial charge in [-0.1, -0.05) is 29.8 Å². The van der Waals surface area contributed by atoms with E-state index in [0.717, 1.165) is 16.7 Å². The van der Waals surface area contributed by atoms with Crippen LogP contribution in [0.25, 0.3) is 0 Å². The molecule has 3 heteroatoms. The van der Waals surface area contributed by atoms with E-state index in [-0.39, 0.29) is 0 Å². The molecule has 3 nitrogen and oxygen atoms in total. The lowest BCUT2D eigenvalue weighted by molar-refractivity contribution is 0.190. The Balaban J connectivity index is 2.21. The van der Waals surface area contributed by atoms with E-state index >= 15 is 0 Å². The van der Waals surface area contributed by atoms with Crippen LogP contribution < -0.4 is 4.74 Å². The van der Waals surface area contributed by atoms with Crippen LogP contribution in [0.4, 0.5) is 0 Å². The first-order valence-corrected chi connectivity index (χ1v) is 6.51. The minimum Gasteiger partial charge on any atom is -0.488 e. The molecule has 102 valence electrons. The van der Waals surface area contributed by atoms with Gasteiger partial charge in [0.15, 0.2) is 0 Å². The molecule has 0 heterocycles. The van der Waals surface area contributed by atoms with Crippen LogP contribution in [0.2, 0.25) is 0 Å². The second kappa shape index (κ2) is 6.23. The molecule has 1 N–H and O–H groups in total. The fourth-order valence-electron chi connectivity index (χ4n) is 2.04. The molecular weight excluding hydrogens is 250 g/mol. The zero-order valence-corrected chi connectivity index (χ0v) is 11.6. The van der Waals surface area contributed by atoms with Crippen LogP contribution in [-0.2, 0) is 6.61 Å². The van der Waals surface area contributed by atoms with Crippen molar-refractivity contribution in [3.05, 3.63) is 64.7 Å². The number of nitrogens with zero attached hydrogens (tertiary/aromatic N) is 1. The normalized spacial score (nSPS) is 11.7. The molecule has 0 aliphatic carbocycles. The average Bonchev–Trinajstić information content (AvgIpc) is 2.46. The number of hydrogen-bond donors (Lipinski definition) is 1. The first-order chi connectivity index (χ1) is 9.61. The summed E-state index contributed by atoms with van der Waals surface area (Å²) in [7, 11) is 0. The fraction of sp³-hybridized carbons (Fsp3) is 0.235. The average molecular weight is 267 g/mol. The molecule has 0 radical (unpaired) electrons. The molecule has 2 aromatic carbocycles. The van der Waals surface area contributed by atoms with Gasteiger partial charge >= 0.3 is 0 Å². The summed E-state index contributed by atoms with van der Waals surface area (Å²) in [6.07, 6.45) is -0.587. The molecule has 0 amide bonds. The molecule has 1 atom stereocenters. The van der Waals surface area contributed by atoms with Crippen LogP contribution in [0.3, 0.4) is 0 Å². The van der Waals surface area contributed by atoms with E-state index in [2.05, 4.69) is 6.07 Å². The summed E-state index contributed by atoms with van der Waals surface area (Å²) in [6, 6.07) is 15.2. The summed E-state index contributed by atoms with van der Waals surface area (Å²) >= 11 is 0. The number of hydrogen-bond acceptors (Lipinski definition) is 3. The Labute approximate surface area is 119 Å². The molecule has 0 saturated heterocycles. The van der Waals surface area contributed by atoms with E-state index < -0.39 is 6.10 Å². The highest BCUT2D eigenvalue weighted by Crippen LogP contribution is 2.27. The van der Waals surface area contributed by atoms with Gasteiger partial charge in [-0.2, -0.15) is 5.26 Å². The smallest absolute Gasteiger partial charge is 0.125 e. The van der Waals surface area contributed by atoms with Gasteiger partial charge in [-0.05, 0) is 32.0 Å². The minimum absolute atomic E-state index is 0.312. The number of aryl methyl sites for hydroxylation is 1. The zero-order valence-electron chi connectivity index (χ0n) is 11.6. The number of nitriles is 1. The maximum absolute atomic E-state index is 9.79. The van der Waals surface area contributed by atoms with Gasteiger partial charge in [-0.15, -0.1) is 0 Å². The van der Waals surface area contributed by atoms with Crippen molar-refractivity contribution in [2.45, 2.75) is 26.6 Å². The summed E-state index contributed by atoms with van der Waals surface area (Å²) in [5.74, 6) is 0.651. The second-order valence-electron chi connectivity index (χ2n) is 4.77. The van der Waals surface area contributed by atoms with E-state index in [1.54, 1.807) is 13.0 Å². The second-order valence-corrected chi connectivity index (χ2v) is 4.77. The van der Waals surface area contributed by atoms with Gasteiger partial charge in [-0.25, -0.2) is 0 Å². The summed E-state index contributed by atoms with van der Waals surface area (Å²) in [6.45, 7) is 4.00. The maximum Gasteiger partial charge on any atom is 0.125 e. The summed E-state index contributed by atoms with van der Waals surface area (Å²) in [5, 5.41) is 18.8. The SMILES string of the molecule is Cc1ccc(OCc2ccccc2C#N)c([C@H](C)O)c1. The standard InChI is InChI=1S/C17H17NO2/c1-12-7-8-17(16(9-12)13(2)19)20-11-15-6-4-3-5-14(15)10-18/h3-9,13,19H,11H2,1-2H3/t13-/m0/s1. The summed E-state index contributed by atoms with van der Waals surface area (Å²) in [5.41, 5.74) is 3.29. The number of benzene rings is 2. The quantitative estimate of drug-likeness (QED) is 0.922. The third-order valence-electron chi connectivity index (χ3n) is 3.14. The number of ether oxygens (including phenoxy) is 1. The molecule has 2 aromatic rings. The van der Waals surface area contributed by atoms with Crippen LogP contribution >= 0.6 is 0 Å². The van der Waals surface area contributed by atoms with E-state index in [1.165, 1.54) is 0 Å². The van der Waals surface area contributed by atoms with E-state index in [4.69, 9.17) is 10.00 Å². The molecule has 0 unspecified atom stereocenters. The third kappa shape index (κ3) is 3.17. The molecule has 0 aromatic heterocycles. The van der Waals surface area contributed by atoms with Crippen LogP contribution in [0.1, 0.15) is 35.3 Å². The molecule has 0 spiro atoms. The number of aliphatic hydroxyl groups is 1. The van der Waals surface area contributed by atoms with Crippen molar-refractivity contribution in [2.24, 2.45) is 0 Å². The van der Waals surface area contributed by atoms with Crippen LogP contribution in [0, 0.1) is 18.3 Å². The van der Waals surface area contributed by atoms with Crippen molar-refractivity contribution < 1.29 is 9.84 Å². The fourth-order valence-corrected chi connectivity index (χ4v) is 2.04. The van der Waals surface area contributed by atoms with Gasteiger partial charge in [0, 0.05) is 11.1 Å². The molecular formula is C17H17NO2. The Hall–Kier alpha value is -2.31. The van der Waals surface area contributed by atoms with Crippen molar-refractivity contribution in [3.8, 4) is 11.8 Å². The maximum atomic E-state index is 9.79. The van der Waals surface area contributed by atoms with E-state index in [1.807, 2.05) is 43.3 Å². The molecule has 0 saturated carbocycles. The molecule has 0 aliphatic heterocycles. The highest BCUT2D eigenvalue weighted by molar-refractivity contribution is 5.40. The van der Waals surface area contributed by atoms with Gasteiger partial charge in [-0.3, -0.25) is 0 Å². The molecule has 0 bridgehead atoms. The van der Waals surface area contributed by atoms with Crippen molar-refractivity contribution in [1.29, 1.82) is 5.26 Å². The highest BCUT2D eigenvalue weighted by Gasteiger charge is 2.10. The Morgan fingerprint density at radius 1 is 1.25 bits per heavy atom. The van der Waals surface area contributed by atoms with Crippen LogP contribution in [-0.4, -0.2) is 5.11 Å². The summed E-state index contributed by atoms with van der Waals surface area (Å²) < 4.78 is 5.77. The number of aliphatic hydroxyl groups excluding tert-OH is 1. The Kier molecular flexibility index (Phi) is 4.39. The van der Waals surface area contributed by atoms with Crippen molar-refractivity contribution in [2.75, 3.05) is 0 Å². The molecule has 20 heavy (non-hydrogen) atoms. The van der Waals surface area contributed by atoms with Gasteiger partial charge in [0.25, 0.3) is 0 Å². The van der Waals surface area contributed by atoms with E-state index in [0.29, 0.717) is 17.9 Å². The monoisotopic (exact) mass is 267 g/mol. The first-order valence-electron chi connectivity index (χ1n) is 6.51. The lowest BCUT2D eigenvalue weighted by atomic mass is 10.1. The summed E-state index contributed by atoms with van der Waals surface area (Å²) in [4.78, 5) is 0. The first kappa shape index (κ1) is 14.1. The van der Waals surface area contributed by atoms with Gasteiger partial charge in [0.05, 0.1) is 17.7 Å². The van der Waals surface area contributed by atoms with Crippen LogP contribution in [0.5, 0.6) is 5.75 Å². The van der Waals surface area contributed by atoms with Crippen LogP contribution in [0.15, 0.2) is 42.5 Å². The molecule has 0 fully saturated rings. The predicted octanol–water partition coefficient (Wildman–Crippen LogP) is 3.50. The zero-order chi connectivity index (χ0) is 14.5. The van der Waals surface area contributed by atoms with Crippen molar-refractivity contribution >= 4 is 0 Å². The van der Waals surface area contributed by atoms with E-state index in [9.17, 15) is 5.11 Å². The minimum atomic E-state index is -0.587. The van der Waals surface area contributed by atoms with Gasteiger partial charge in [0.2, 0.25) is 0 Å². The van der Waals surface area contributed by atoms with Gasteiger partial charge in [0.1, 0.15) is 12.4 Å². The number of rotatable bonds is 4. The largest absolute Gasteiger partial charge is 0.488 e. The predicted molar refractivity (Wildman–Crippen MR) is 77.3 cm³/mol. The third-order valence-corrected chi connectivity index (χ3v) is 3.14. The Morgan fingerprint density at radius 3 is 2.70 bits per heavy atom. The lowest BCUT2D eigenvalue weighted by Gasteiger charge is -2.14. The van der Waals surface area contributed by atoms with Crippen molar-refractivity contribution in [1.82, 2.24) is 0 Å². The topological polar surface area (TPSA) is 53.2 Å². The molecule has 0 aliphatic rings. The lowest BCUT2D eigenvalue weighted by Crippen LogP contribution is -2.02.